The molecule has 204 valence electrons. The van der Waals surface area contributed by atoms with E-state index in [1.165, 1.54) is 6.26 Å². The first-order valence-electron chi connectivity index (χ1n) is 13.0. The molecule has 1 N–H and O–H groups in total. The molecule has 4 aromatic rings. The third-order valence-electron chi connectivity index (χ3n) is 6.08. The first-order valence-corrected chi connectivity index (χ1v) is 14.9. The molecule has 4 aromatic carbocycles. The first kappa shape index (κ1) is 28.0. The van der Waals surface area contributed by atoms with Crippen LogP contribution in [0.2, 0.25) is 0 Å². The molecular formula is C32H36N2O4S. The Kier molecular flexibility index (Phi) is 9.15. The SMILES string of the molecule is Cc1c(NS(C)(=O)=O)cccc1N(Cc1ccccc1)Cc1ccc(Oc2cccc(OCC(C)C)c2)cc1. The molecule has 39 heavy (non-hydrogen) atoms. The van der Waals surface area contributed by atoms with Gasteiger partial charge in [0.05, 0.1) is 18.6 Å². The second kappa shape index (κ2) is 12.7. The van der Waals surface area contributed by atoms with E-state index >= 15 is 0 Å². The number of nitrogens with zero attached hydrogens (tertiary/aromatic N) is 1. The molecule has 0 spiro atoms. The van der Waals surface area contributed by atoms with Crippen LogP contribution < -0.4 is 19.1 Å². The monoisotopic (exact) mass is 544 g/mol. The van der Waals surface area contributed by atoms with Crippen LogP contribution in [0, 0.1) is 12.8 Å². The second-order valence-electron chi connectivity index (χ2n) is 10.1. The Morgan fingerprint density at radius 1 is 0.769 bits per heavy atom. The Labute approximate surface area is 232 Å². The summed E-state index contributed by atoms with van der Waals surface area (Å²) < 4.78 is 38.4. The van der Waals surface area contributed by atoms with E-state index in [-0.39, 0.29) is 0 Å². The van der Waals surface area contributed by atoms with Crippen molar-refractivity contribution in [2.45, 2.75) is 33.9 Å². The standard InChI is InChI=1S/C32H36N2O4S/c1-24(2)23-37-29-12-8-13-30(20-29)38-28-18-16-27(17-19-28)22-34(21-26-10-6-5-7-11-26)32-15-9-14-31(25(32)3)33-39(4,35)36/h5-20,24,33H,21-23H2,1-4H3. The molecule has 0 heterocycles. The van der Waals surface area contributed by atoms with Crippen molar-refractivity contribution in [2.24, 2.45) is 5.92 Å². The summed E-state index contributed by atoms with van der Waals surface area (Å²) in [5.41, 5.74) is 4.69. The lowest BCUT2D eigenvalue weighted by atomic mass is 10.1. The minimum atomic E-state index is -3.39. The second-order valence-corrected chi connectivity index (χ2v) is 11.8. The smallest absolute Gasteiger partial charge is 0.229 e. The van der Waals surface area contributed by atoms with Gasteiger partial charge in [0.25, 0.3) is 0 Å². The summed E-state index contributed by atoms with van der Waals surface area (Å²) in [6.07, 6.45) is 1.17. The zero-order valence-corrected chi connectivity index (χ0v) is 23.7. The molecule has 6 nitrogen and oxygen atoms in total. The summed E-state index contributed by atoms with van der Waals surface area (Å²) in [5.74, 6) is 2.70. The van der Waals surface area contributed by atoms with E-state index in [1.54, 1.807) is 6.07 Å². The summed E-state index contributed by atoms with van der Waals surface area (Å²) in [4.78, 5) is 2.25. The van der Waals surface area contributed by atoms with E-state index < -0.39 is 10.0 Å². The molecule has 0 aromatic heterocycles. The molecule has 0 saturated carbocycles. The quantitative estimate of drug-likeness (QED) is 0.201. The predicted octanol–water partition coefficient (Wildman–Crippen LogP) is 7.40. The molecule has 0 radical (unpaired) electrons. The van der Waals surface area contributed by atoms with E-state index in [0.717, 1.165) is 39.6 Å². The van der Waals surface area contributed by atoms with Crippen LogP contribution in [0.15, 0.2) is 97.1 Å². The highest BCUT2D eigenvalue weighted by Crippen LogP contribution is 2.31. The highest BCUT2D eigenvalue weighted by molar-refractivity contribution is 7.92. The Hall–Kier alpha value is -3.97. The fourth-order valence-electron chi connectivity index (χ4n) is 4.22. The van der Waals surface area contributed by atoms with Gasteiger partial charge in [0.2, 0.25) is 10.0 Å². The maximum Gasteiger partial charge on any atom is 0.229 e. The van der Waals surface area contributed by atoms with Gasteiger partial charge in [-0.25, -0.2) is 8.42 Å². The van der Waals surface area contributed by atoms with Crippen LogP contribution in [-0.2, 0) is 23.1 Å². The van der Waals surface area contributed by atoms with E-state index in [0.29, 0.717) is 31.3 Å². The summed E-state index contributed by atoms with van der Waals surface area (Å²) in [5, 5.41) is 0. The van der Waals surface area contributed by atoms with Gasteiger partial charge in [-0.2, -0.15) is 0 Å². The van der Waals surface area contributed by atoms with Gasteiger partial charge in [-0.15, -0.1) is 0 Å². The molecule has 7 heteroatoms. The van der Waals surface area contributed by atoms with Gasteiger partial charge in [-0.3, -0.25) is 4.72 Å². The third-order valence-corrected chi connectivity index (χ3v) is 6.67. The fraction of sp³-hybridized carbons (Fsp3) is 0.250. The van der Waals surface area contributed by atoms with Crippen molar-refractivity contribution in [2.75, 3.05) is 22.5 Å². The average Bonchev–Trinajstić information content (AvgIpc) is 2.90. The van der Waals surface area contributed by atoms with Crippen molar-refractivity contribution in [3.8, 4) is 17.2 Å². The zero-order chi connectivity index (χ0) is 27.8. The number of sulfonamides is 1. The van der Waals surface area contributed by atoms with Gasteiger partial charge in [0.15, 0.2) is 0 Å². The minimum absolute atomic E-state index is 0.450. The van der Waals surface area contributed by atoms with Crippen molar-refractivity contribution < 1.29 is 17.9 Å². The van der Waals surface area contributed by atoms with Crippen molar-refractivity contribution in [3.63, 3.8) is 0 Å². The maximum atomic E-state index is 11.9. The van der Waals surface area contributed by atoms with Gasteiger partial charge in [-0.05, 0) is 65.9 Å². The van der Waals surface area contributed by atoms with Crippen LogP contribution in [0.5, 0.6) is 17.2 Å². The lowest BCUT2D eigenvalue weighted by Crippen LogP contribution is -2.23. The minimum Gasteiger partial charge on any atom is -0.493 e. The lowest BCUT2D eigenvalue weighted by molar-refractivity contribution is 0.270. The summed E-state index contributed by atoms with van der Waals surface area (Å²) in [7, 11) is -3.39. The molecule has 0 unspecified atom stereocenters. The molecule has 0 bridgehead atoms. The van der Waals surface area contributed by atoms with E-state index in [2.05, 4.69) is 47.7 Å². The highest BCUT2D eigenvalue weighted by atomic mass is 32.2. The molecule has 0 saturated heterocycles. The molecule has 0 atom stereocenters. The maximum absolute atomic E-state index is 11.9. The Morgan fingerprint density at radius 3 is 2.08 bits per heavy atom. The zero-order valence-electron chi connectivity index (χ0n) is 22.9. The van der Waals surface area contributed by atoms with Gasteiger partial charge in [0.1, 0.15) is 17.2 Å². The Balaban J connectivity index is 1.54. The largest absolute Gasteiger partial charge is 0.493 e. The molecule has 0 fully saturated rings. The number of hydrogen-bond acceptors (Lipinski definition) is 5. The van der Waals surface area contributed by atoms with Gasteiger partial charge < -0.3 is 14.4 Å². The molecule has 0 aliphatic heterocycles. The molecule has 0 aliphatic carbocycles. The highest BCUT2D eigenvalue weighted by Gasteiger charge is 2.15. The van der Waals surface area contributed by atoms with Crippen LogP contribution in [0.25, 0.3) is 0 Å². The predicted molar refractivity (Wildman–Crippen MR) is 159 cm³/mol. The number of rotatable bonds is 12. The molecule has 0 amide bonds. The fourth-order valence-corrected chi connectivity index (χ4v) is 4.84. The number of hydrogen-bond donors (Lipinski definition) is 1. The van der Waals surface area contributed by atoms with E-state index in [4.69, 9.17) is 9.47 Å². The number of nitrogens with one attached hydrogen (secondary N) is 1. The topological polar surface area (TPSA) is 67.9 Å². The lowest BCUT2D eigenvalue weighted by Gasteiger charge is -2.28. The van der Waals surface area contributed by atoms with E-state index in [1.807, 2.05) is 73.7 Å². The van der Waals surface area contributed by atoms with Gasteiger partial charge in [0, 0.05) is 24.8 Å². The van der Waals surface area contributed by atoms with Crippen LogP contribution in [-0.4, -0.2) is 21.3 Å². The molecular weight excluding hydrogens is 508 g/mol. The van der Waals surface area contributed by atoms with Crippen LogP contribution >= 0.6 is 0 Å². The van der Waals surface area contributed by atoms with Gasteiger partial charge >= 0.3 is 0 Å². The first-order chi connectivity index (χ1) is 18.7. The summed E-state index contributed by atoms with van der Waals surface area (Å²) >= 11 is 0. The number of benzene rings is 4. The average molecular weight is 545 g/mol. The molecule has 0 aliphatic rings. The van der Waals surface area contributed by atoms with Crippen LogP contribution in [0.1, 0.15) is 30.5 Å². The third kappa shape index (κ3) is 8.52. The summed E-state index contributed by atoms with van der Waals surface area (Å²) in [6, 6.07) is 31.6. The Bertz CT molecular complexity index is 1470. The molecule has 4 rings (SSSR count). The van der Waals surface area contributed by atoms with Gasteiger partial charge in [-0.1, -0.05) is 68.4 Å². The number of anilines is 2. The van der Waals surface area contributed by atoms with Crippen molar-refractivity contribution >= 4 is 21.4 Å². The van der Waals surface area contributed by atoms with Crippen LogP contribution in [0.3, 0.4) is 0 Å². The number of ether oxygens (including phenoxy) is 2. The van der Waals surface area contributed by atoms with Crippen LogP contribution in [0.4, 0.5) is 11.4 Å². The normalized spacial score (nSPS) is 11.3. The summed E-state index contributed by atoms with van der Waals surface area (Å²) in [6.45, 7) is 8.14. The Morgan fingerprint density at radius 2 is 1.41 bits per heavy atom. The van der Waals surface area contributed by atoms with Crippen molar-refractivity contribution in [1.29, 1.82) is 0 Å². The van der Waals surface area contributed by atoms with Crippen molar-refractivity contribution in [1.82, 2.24) is 0 Å². The van der Waals surface area contributed by atoms with E-state index in [9.17, 15) is 8.42 Å². The van der Waals surface area contributed by atoms with Crippen molar-refractivity contribution in [3.05, 3.63) is 114 Å².